The number of amides is 1. The molecule has 2 aromatic carbocycles. The molecule has 0 bridgehead atoms. The maximum Gasteiger partial charge on any atom is 0.296 e. The van der Waals surface area contributed by atoms with E-state index in [0.29, 0.717) is 16.3 Å². The molecule has 2 aromatic rings. The average Bonchev–Trinajstić information content (AvgIpc) is 2.70. The molecule has 0 atom stereocenters. The molecule has 0 fully saturated rings. The smallest absolute Gasteiger partial charge is 0.296 e. The maximum absolute atomic E-state index is 11.6. The Balaban J connectivity index is 1.97. The van der Waals surface area contributed by atoms with Crippen LogP contribution < -0.4 is 5.32 Å². The van der Waals surface area contributed by atoms with Crippen molar-refractivity contribution in [3.8, 4) is 0 Å². The predicted molar refractivity (Wildman–Crippen MR) is 75.0 cm³/mol. The van der Waals surface area contributed by atoms with Crippen LogP contribution in [-0.4, -0.2) is 11.7 Å². The van der Waals surface area contributed by atoms with Gasteiger partial charge in [-0.25, -0.2) is 0 Å². The molecule has 0 unspecified atom stereocenters. The number of anilines is 1. The van der Waals surface area contributed by atoms with Gasteiger partial charge in [-0.15, -0.1) is 0 Å². The second-order valence-electron chi connectivity index (χ2n) is 4.02. The topological polar surface area (TPSA) is 46.2 Å². The number of hydrogen-bond donors (Lipinski definition) is 1. The molecule has 0 aromatic heterocycles. The first-order valence-electron chi connectivity index (χ1n) is 5.57. The molecule has 0 spiro atoms. The molecule has 19 heavy (non-hydrogen) atoms. The first-order chi connectivity index (χ1) is 9.15. The number of benzene rings is 2. The lowest BCUT2D eigenvalue weighted by Gasteiger charge is -2.06. The third kappa shape index (κ3) is 2.25. The highest BCUT2D eigenvalue weighted by Crippen LogP contribution is 2.38. The minimum absolute atomic E-state index is 0.434. The summed E-state index contributed by atoms with van der Waals surface area (Å²) < 4.78 is 0. The Morgan fingerprint density at radius 3 is 2.47 bits per heavy atom. The summed E-state index contributed by atoms with van der Waals surface area (Å²) in [6, 6.07) is 12.7. The molecule has 94 valence electrons. The summed E-state index contributed by atoms with van der Waals surface area (Å²) in [6.45, 7) is 0. The molecule has 1 N–H and O–H groups in total. The summed E-state index contributed by atoms with van der Waals surface area (Å²) in [6.07, 6.45) is 0. The zero-order valence-electron chi connectivity index (χ0n) is 9.64. The van der Waals surface area contributed by atoms with Crippen LogP contribution in [-0.2, 0) is 4.79 Å². The van der Waals surface area contributed by atoms with E-state index in [1.54, 1.807) is 24.3 Å². The van der Waals surface area contributed by atoms with Gasteiger partial charge in [0, 0.05) is 14.8 Å². The summed E-state index contributed by atoms with van der Waals surface area (Å²) in [5, 5.41) is 3.28. The van der Waals surface area contributed by atoms with Crippen molar-refractivity contribution in [1.29, 1.82) is 0 Å². The Morgan fingerprint density at radius 1 is 1.00 bits per heavy atom. The summed E-state index contributed by atoms with van der Waals surface area (Å²) in [7, 11) is 0. The first kappa shape index (κ1) is 12.3. The predicted octanol–water partition coefficient (Wildman–Crippen LogP) is 3.63. The minimum Gasteiger partial charge on any atom is -0.317 e. The number of halogens is 1. The van der Waals surface area contributed by atoms with E-state index in [1.807, 2.05) is 18.2 Å². The van der Waals surface area contributed by atoms with E-state index in [1.165, 1.54) is 11.8 Å². The molecule has 1 heterocycles. The van der Waals surface area contributed by atoms with Gasteiger partial charge in [0.2, 0.25) is 0 Å². The van der Waals surface area contributed by atoms with Crippen LogP contribution in [0.1, 0.15) is 10.4 Å². The SMILES string of the molecule is O=C1Nc2c(Sc3ccc(Cl)cc3)cccc2C1=O. The summed E-state index contributed by atoms with van der Waals surface area (Å²) in [5.41, 5.74) is 1.03. The van der Waals surface area contributed by atoms with Crippen LogP contribution in [0.3, 0.4) is 0 Å². The van der Waals surface area contributed by atoms with Gasteiger partial charge in [-0.1, -0.05) is 29.4 Å². The highest BCUT2D eigenvalue weighted by Gasteiger charge is 2.29. The Hall–Kier alpha value is -1.78. The van der Waals surface area contributed by atoms with Crippen molar-refractivity contribution in [2.45, 2.75) is 9.79 Å². The fourth-order valence-electron chi connectivity index (χ4n) is 1.86. The van der Waals surface area contributed by atoms with Crippen molar-refractivity contribution < 1.29 is 9.59 Å². The molecule has 3 nitrogen and oxygen atoms in total. The van der Waals surface area contributed by atoms with Crippen LogP contribution in [0.2, 0.25) is 5.02 Å². The number of ketones is 1. The van der Waals surface area contributed by atoms with E-state index < -0.39 is 11.7 Å². The second kappa shape index (κ2) is 4.72. The van der Waals surface area contributed by atoms with E-state index in [0.717, 1.165) is 9.79 Å². The first-order valence-corrected chi connectivity index (χ1v) is 6.77. The van der Waals surface area contributed by atoms with Gasteiger partial charge in [-0.3, -0.25) is 9.59 Å². The molecule has 0 saturated heterocycles. The third-order valence-electron chi connectivity index (χ3n) is 2.76. The van der Waals surface area contributed by atoms with E-state index in [9.17, 15) is 9.59 Å². The Bertz CT molecular complexity index is 682. The van der Waals surface area contributed by atoms with Gasteiger partial charge in [0.1, 0.15) is 0 Å². The molecular weight excluding hydrogens is 282 g/mol. The van der Waals surface area contributed by atoms with Crippen molar-refractivity contribution in [3.05, 3.63) is 53.1 Å². The number of para-hydroxylation sites is 1. The largest absolute Gasteiger partial charge is 0.317 e. The van der Waals surface area contributed by atoms with E-state index >= 15 is 0 Å². The van der Waals surface area contributed by atoms with Crippen LogP contribution in [0.5, 0.6) is 0 Å². The van der Waals surface area contributed by atoms with Gasteiger partial charge in [0.05, 0.1) is 11.3 Å². The van der Waals surface area contributed by atoms with E-state index in [2.05, 4.69) is 5.32 Å². The van der Waals surface area contributed by atoms with Crippen molar-refractivity contribution >= 4 is 40.7 Å². The zero-order chi connectivity index (χ0) is 13.4. The molecule has 0 radical (unpaired) electrons. The maximum atomic E-state index is 11.6. The van der Waals surface area contributed by atoms with Gasteiger partial charge < -0.3 is 5.32 Å². The normalized spacial score (nSPS) is 13.3. The van der Waals surface area contributed by atoms with Crippen LogP contribution in [0.15, 0.2) is 52.3 Å². The van der Waals surface area contributed by atoms with E-state index in [4.69, 9.17) is 11.6 Å². The second-order valence-corrected chi connectivity index (χ2v) is 5.57. The van der Waals surface area contributed by atoms with Crippen molar-refractivity contribution in [3.63, 3.8) is 0 Å². The van der Waals surface area contributed by atoms with Crippen LogP contribution in [0.25, 0.3) is 0 Å². The molecule has 0 saturated carbocycles. The van der Waals surface area contributed by atoms with Crippen molar-refractivity contribution in [1.82, 2.24) is 0 Å². The standard InChI is InChI=1S/C14H8ClNO2S/c15-8-4-6-9(7-5-8)19-11-3-1-2-10-12(11)16-14(18)13(10)17/h1-7H,(H,16,17,18). The average molecular weight is 290 g/mol. The molecule has 1 amide bonds. The van der Waals surface area contributed by atoms with Gasteiger partial charge >= 0.3 is 0 Å². The lowest BCUT2D eigenvalue weighted by Crippen LogP contribution is -2.12. The molecular formula is C14H8ClNO2S. The van der Waals surface area contributed by atoms with Gasteiger partial charge in [-0.2, -0.15) is 0 Å². The Labute approximate surface area is 119 Å². The van der Waals surface area contributed by atoms with Crippen LogP contribution in [0, 0.1) is 0 Å². The molecule has 0 aliphatic carbocycles. The lowest BCUT2D eigenvalue weighted by atomic mass is 10.1. The number of rotatable bonds is 2. The van der Waals surface area contributed by atoms with Gasteiger partial charge in [-0.05, 0) is 36.4 Å². The highest BCUT2D eigenvalue weighted by atomic mass is 35.5. The number of hydrogen-bond acceptors (Lipinski definition) is 3. The van der Waals surface area contributed by atoms with Crippen molar-refractivity contribution in [2.75, 3.05) is 5.32 Å². The summed E-state index contributed by atoms with van der Waals surface area (Å²) in [4.78, 5) is 24.8. The summed E-state index contributed by atoms with van der Waals surface area (Å²) >= 11 is 7.32. The summed E-state index contributed by atoms with van der Waals surface area (Å²) in [5.74, 6) is -1.05. The minimum atomic E-state index is -0.570. The lowest BCUT2D eigenvalue weighted by molar-refractivity contribution is -0.112. The zero-order valence-corrected chi connectivity index (χ0v) is 11.2. The Kier molecular flexibility index (Phi) is 3.05. The number of fused-ring (bicyclic) bond motifs is 1. The molecule has 1 aliphatic rings. The van der Waals surface area contributed by atoms with Gasteiger partial charge in [0.15, 0.2) is 0 Å². The number of carbonyl (C=O) groups excluding carboxylic acids is 2. The quantitative estimate of drug-likeness (QED) is 0.859. The number of nitrogens with one attached hydrogen (secondary N) is 1. The van der Waals surface area contributed by atoms with Crippen LogP contribution >= 0.6 is 23.4 Å². The van der Waals surface area contributed by atoms with Crippen LogP contribution in [0.4, 0.5) is 5.69 Å². The van der Waals surface area contributed by atoms with E-state index in [-0.39, 0.29) is 0 Å². The molecule has 3 rings (SSSR count). The monoisotopic (exact) mass is 289 g/mol. The van der Waals surface area contributed by atoms with Crippen molar-refractivity contribution in [2.24, 2.45) is 0 Å². The number of Topliss-reactive ketones (excluding diaryl/α,β-unsaturated/α-hetero) is 1. The number of carbonyl (C=O) groups is 2. The Morgan fingerprint density at radius 2 is 1.74 bits per heavy atom. The fraction of sp³-hybridized carbons (Fsp3) is 0. The molecule has 1 aliphatic heterocycles. The van der Waals surface area contributed by atoms with Gasteiger partial charge in [0.25, 0.3) is 11.7 Å². The fourth-order valence-corrected chi connectivity index (χ4v) is 2.92. The highest BCUT2D eigenvalue weighted by molar-refractivity contribution is 7.99. The molecule has 5 heteroatoms. The third-order valence-corrected chi connectivity index (χ3v) is 4.08.